The molecule has 2 heteroatoms. The van der Waals surface area contributed by atoms with E-state index in [0.29, 0.717) is 5.28 Å². The Morgan fingerprint density at radius 1 is 1.00 bits per heavy atom. The monoisotopic (exact) mass is 173 g/mol. The fraction of sp³-hybridized carbons (Fsp3) is 1.00. The summed E-state index contributed by atoms with van der Waals surface area (Å²) in [6.07, 6.45) is 9.75. The minimum Gasteiger partial charge on any atom is -0.311 e. The molecular formula is C9H20NP. The summed E-state index contributed by atoms with van der Waals surface area (Å²) in [5, 5.41) is 3.77. The third-order valence-corrected chi connectivity index (χ3v) is 3.61. The molecule has 0 heterocycles. The summed E-state index contributed by atoms with van der Waals surface area (Å²) >= 11 is 0. The summed E-state index contributed by atoms with van der Waals surface area (Å²) in [6, 6.07) is 0. The maximum absolute atomic E-state index is 3.41. The van der Waals surface area contributed by atoms with Crippen molar-refractivity contribution in [2.75, 3.05) is 7.05 Å². The quantitative estimate of drug-likeness (QED) is 0.601. The van der Waals surface area contributed by atoms with Gasteiger partial charge in [-0.2, -0.15) is 0 Å². The highest BCUT2D eigenvalue weighted by atomic mass is 31.0. The zero-order valence-corrected chi connectivity index (χ0v) is 8.68. The summed E-state index contributed by atoms with van der Waals surface area (Å²) in [7, 11) is 5.06. The molecule has 1 rings (SSSR count). The second-order valence-corrected chi connectivity index (χ2v) is 4.78. The van der Waals surface area contributed by atoms with Crippen molar-refractivity contribution in [1.82, 2.24) is 5.32 Å². The van der Waals surface area contributed by atoms with Gasteiger partial charge in [0.15, 0.2) is 0 Å². The molecule has 0 aromatic rings. The van der Waals surface area contributed by atoms with Crippen LogP contribution in [-0.2, 0) is 0 Å². The van der Waals surface area contributed by atoms with Crippen LogP contribution in [0.4, 0.5) is 0 Å². The molecule has 0 aromatic carbocycles. The van der Waals surface area contributed by atoms with Crippen molar-refractivity contribution >= 4 is 9.24 Å². The second kappa shape index (κ2) is 4.42. The molecule has 0 bridgehead atoms. The van der Waals surface area contributed by atoms with Gasteiger partial charge >= 0.3 is 0 Å². The third-order valence-electron chi connectivity index (χ3n) is 2.74. The van der Waals surface area contributed by atoms with Crippen molar-refractivity contribution in [3.63, 3.8) is 0 Å². The van der Waals surface area contributed by atoms with E-state index < -0.39 is 0 Å². The first-order chi connectivity index (χ1) is 5.27. The number of nitrogens with one attached hydrogen (secondary N) is 1. The summed E-state index contributed by atoms with van der Waals surface area (Å²) < 4.78 is 0. The first-order valence-corrected chi connectivity index (χ1v) is 5.32. The highest BCUT2D eigenvalue weighted by Crippen LogP contribution is 2.30. The maximum Gasteiger partial charge on any atom is 0.0320 e. The van der Waals surface area contributed by atoms with Crippen LogP contribution in [0.2, 0.25) is 0 Å². The van der Waals surface area contributed by atoms with Crippen molar-refractivity contribution in [3.05, 3.63) is 0 Å². The Kier molecular flexibility index (Phi) is 3.81. The summed E-state index contributed by atoms with van der Waals surface area (Å²) in [5.41, 5.74) is 0. The van der Waals surface area contributed by atoms with Gasteiger partial charge in [0.2, 0.25) is 0 Å². The average Bonchev–Trinajstić information content (AvgIpc) is 1.98. The lowest BCUT2D eigenvalue weighted by molar-refractivity contribution is 0.375. The highest BCUT2D eigenvalue weighted by Gasteiger charge is 2.21. The molecule has 11 heavy (non-hydrogen) atoms. The molecule has 0 saturated heterocycles. The van der Waals surface area contributed by atoms with Gasteiger partial charge in [0, 0.05) is 5.28 Å². The van der Waals surface area contributed by atoms with Gasteiger partial charge in [0.05, 0.1) is 0 Å². The van der Waals surface area contributed by atoms with E-state index in [9.17, 15) is 0 Å². The van der Waals surface area contributed by atoms with Gasteiger partial charge in [-0.3, -0.25) is 0 Å². The first kappa shape index (κ1) is 9.48. The average molecular weight is 173 g/mol. The van der Waals surface area contributed by atoms with Crippen molar-refractivity contribution in [3.8, 4) is 0 Å². The zero-order valence-electron chi connectivity index (χ0n) is 7.53. The Balaban J connectivity index is 2.37. The van der Waals surface area contributed by atoms with E-state index in [-0.39, 0.29) is 0 Å². The largest absolute Gasteiger partial charge is 0.311 e. The minimum atomic E-state index is 0.362. The van der Waals surface area contributed by atoms with Crippen molar-refractivity contribution in [2.45, 2.75) is 50.2 Å². The van der Waals surface area contributed by atoms with Crippen LogP contribution in [0.15, 0.2) is 0 Å². The molecule has 1 aliphatic rings. The van der Waals surface area contributed by atoms with E-state index in [1.54, 1.807) is 0 Å². The Labute approximate surface area is 72.5 Å². The van der Waals surface area contributed by atoms with Gasteiger partial charge in [-0.25, -0.2) is 0 Å². The van der Waals surface area contributed by atoms with Gasteiger partial charge in [-0.05, 0) is 19.9 Å². The number of rotatable bonds is 1. The van der Waals surface area contributed by atoms with Crippen molar-refractivity contribution in [2.24, 2.45) is 0 Å². The van der Waals surface area contributed by atoms with Gasteiger partial charge in [0.1, 0.15) is 0 Å². The molecule has 0 aliphatic heterocycles. The second-order valence-electron chi connectivity index (χ2n) is 3.67. The first-order valence-electron chi connectivity index (χ1n) is 4.75. The molecule has 66 valence electrons. The molecule has 0 spiro atoms. The van der Waals surface area contributed by atoms with E-state index in [0.717, 1.165) is 0 Å². The van der Waals surface area contributed by atoms with Gasteiger partial charge in [-0.1, -0.05) is 32.1 Å². The zero-order chi connectivity index (χ0) is 8.16. The fourth-order valence-corrected chi connectivity index (χ4v) is 2.19. The topological polar surface area (TPSA) is 12.0 Å². The lowest BCUT2D eigenvalue weighted by atomic mass is 9.96. The number of hydrogen-bond acceptors (Lipinski definition) is 1. The maximum atomic E-state index is 3.41. The summed E-state index contributed by atoms with van der Waals surface area (Å²) in [4.78, 5) is 0. The van der Waals surface area contributed by atoms with Gasteiger partial charge < -0.3 is 5.32 Å². The van der Waals surface area contributed by atoms with Crippen molar-refractivity contribution < 1.29 is 0 Å². The Morgan fingerprint density at radius 3 is 1.91 bits per heavy atom. The van der Waals surface area contributed by atoms with Crippen LogP contribution in [0.3, 0.4) is 0 Å². The molecule has 1 atom stereocenters. The standard InChI is InChI=1S/C9H20NP/c1-10-9(11)7-5-3-2-4-6-8-9/h10H,2-8,11H2,1H3. The number of hydrogen-bond donors (Lipinski definition) is 1. The van der Waals surface area contributed by atoms with Gasteiger partial charge in [0.25, 0.3) is 0 Å². The van der Waals surface area contributed by atoms with E-state index in [2.05, 4.69) is 21.6 Å². The molecule has 1 aliphatic carbocycles. The SMILES string of the molecule is CNC1(P)CCCCCCC1. The molecule has 0 amide bonds. The summed E-state index contributed by atoms with van der Waals surface area (Å²) in [5.74, 6) is 0. The van der Waals surface area contributed by atoms with E-state index in [1.165, 1.54) is 44.9 Å². The molecule has 1 fully saturated rings. The Morgan fingerprint density at radius 2 is 1.45 bits per heavy atom. The lowest BCUT2D eigenvalue weighted by Crippen LogP contribution is -2.36. The van der Waals surface area contributed by atoms with Crippen LogP contribution in [0.25, 0.3) is 0 Å². The molecule has 0 radical (unpaired) electrons. The highest BCUT2D eigenvalue weighted by molar-refractivity contribution is 7.18. The molecule has 0 aromatic heterocycles. The van der Waals surface area contributed by atoms with Crippen molar-refractivity contribution in [1.29, 1.82) is 0 Å². The van der Waals surface area contributed by atoms with E-state index >= 15 is 0 Å². The molecule has 1 unspecified atom stereocenters. The molecule has 1 saturated carbocycles. The van der Waals surface area contributed by atoms with Crippen LogP contribution >= 0.6 is 9.24 Å². The Bertz CT molecular complexity index is 106. The van der Waals surface area contributed by atoms with Crippen LogP contribution in [0, 0.1) is 0 Å². The van der Waals surface area contributed by atoms with E-state index in [4.69, 9.17) is 0 Å². The van der Waals surface area contributed by atoms with Gasteiger partial charge in [-0.15, -0.1) is 9.24 Å². The molecule has 1 N–H and O–H groups in total. The third kappa shape index (κ3) is 3.09. The van der Waals surface area contributed by atoms with Crippen LogP contribution < -0.4 is 5.32 Å². The fourth-order valence-electron chi connectivity index (χ4n) is 1.79. The van der Waals surface area contributed by atoms with Crippen LogP contribution in [0.1, 0.15) is 44.9 Å². The summed E-state index contributed by atoms with van der Waals surface area (Å²) in [6.45, 7) is 0. The van der Waals surface area contributed by atoms with Crippen LogP contribution in [0.5, 0.6) is 0 Å². The molecular weight excluding hydrogens is 153 g/mol. The molecule has 1 nitrogen and oxygen atoms in total. The van der Waals surface area contributed by atoms with E-state index in [1.807, 2.05) is 0 Å². The Hall–Kier alpha value is 0.390. The minimum absolute atomic E-state index is 0.362. The lowest BCUT2D eigenvalue weighted by Gasteiger charge is -2.30. The smallest absolute Gasteiger partial charge is 0.0320 e. The normalized spacial score (nSPS) is 25.6. The van der Waals surface area contributed by atoms with Crippen LogP contribution in [-0.4, -0.2) is 12.3 Å². The predicted octanol–water partition coefficient (Wildman–Crippen LogP) is 2.52. The predicted molar refractivity (Wildman–Crippen MR) is 53.8 cm³/mol.